The topological polar surface area (TPSA) is 106 Å². The van der Waals surface area contributed by atoms with Crippen molar-refractivity contribution in [1.82, 2.24) is 15.1 Å². The molecule has 0 spiro atoms. The summed E-state index contributed by atoms with van der Waals surface area (Å²) < 4.78 is 16.5. The van der Waals surface area contributed by atoms with Crippen LogP contribution in [0.5, 0.6) is 5.75 Å². The standard InChI is InChI=1S/C26H41ClN4O5/c1-26(2,3)36-24(32)16-30-9-6-17(7-10-30)14-31-11-8-21(23(15-31)35-5)29-25(33)18-12-19(27)20(28)13-22(18)34-4/h12-13,17,21,23H,6-11,14-16,28H2,1-5H3,(H,29,33)/t21-,23+/m0/s1. The van der Waals surface area contributed by atoms with Gasteiger partial charge in [0.1, 0.15) is 11.4 Å². The molecule has 2 aliphatic heterocycles. The Hall–Kier alpha value is -2.07. The molecule has 0 bridgehead atoms. The molecule has 3 rings (SSSR count). The van der Waals surface area contributed by atoms with Gasteiger partial charge in [0.25, 0.3) is 5.91 Å². The van der Waals surface area contributed by atoms with Crippen molar-refractivity contribution in [2.45, 2.75) is 57.8 Å². The van der Waals surface area contributed by atoms with Crippen LogP contribution in [0.2, 0.25) is 5.02 Å². The SMILES string of the molecule is COc1cc(N)c(Cl)cc1C(=O)N[C@H]1CCN(CC2CCN(CC(=O)OC(C)(C)C)CC2)C[C@H]1OC. The van der Waals surface area contributed by atoms with E-state index in [2.05, 4.69) is 15.1 Å². The van der Waals surface area contributed by atoms with Gasteiger partial charge in [-0.15, -0.1) is 0 Å². The number of ether oxygens (including phenoxy) is 3. The summed E-state index contributed by atoms with van der Waals surface area (Å²) in [4.78, 5) is 29.7. The van der Waals surface area contributed by atoms with Crippen molar-refractivity contribution >= 4 is 29.2 Å². The van der Waals surface area contributed by atoms with Crippen molar-refractivity contribution < 1.29 is 23.8 Å². The number of nitrogens with two attached hydrogens (primary N) is 1. The summed E-state index contributed by atoms with van der Waals surface area (Å²) in [6, 6.07) is 2.99. The number of anilines is 1. The van der Waals surface area contributed by atoms with E-state index in [0.717, 1.165) is 52.0 Å². The predicted octanol–water partition coefficient (Wildman–Crippen LogP) is 2.80. The molecule has 2 heterocycles. The van der Waals surface area contributed by atoms with Gasteiger partial charge in [-0.2, -0.15) is 0 Å². The summed E-state index contributed by atoms with van der Waals surface area (Å²) in [5, 5.41) is 3.42. The normalized spacial score (nSPS) is 22.3. The number of methoxy groups -OCH3 is 2. The van der Waals surface area contributed by atoms with Gasteiger partial charge < -0.3 is 30.2 Å². The predicted molar refractivity (Wildman–Crippen MR) is 141 cm³/mol. The fourth-order valence-corrected chi connectivity index (χ4v) is 5.12. The molecule has 2 aliphatic rings. The Balaban J connectivity index is 1.47. The van der Waals surface area contributed by atoms with Crippen LogP contribution in [0.25, 0.3) is 0 Å². The molecule has 0 saturated carbocycles. The summed E-state index contributed by atoms with van der Waals surface area (Å²) in [6.07, 6.45) is 2.77. The Labute approximate surface area is 219 Å². The van der Waals surface area contributed by atoms with Gasteiger partial charge in [-0.3, -0.25) is 14.5 Å². The van der Waals surface area contributed by atoms with E-state index in [4.69, 9.17) is 31.5 Å². The highest BCUT2D eigenvalue weighted by molar-refractivity contribution is 6.33. The highest BCUT2D eigenvalue weighted by Gasteiger charge is 2.33. The number of carbonyl (C=O) groups excluding carboxylic acids is 2. The molecule has 0 aromatic heterocycles. The number of likely N-dealkylation sites (tertiary alicyclic amines) is 2. The van der Waals surface area contributed by atoms with E-state index in [1.807, 2.05) is 20.8 Å². The van der Waals surface area contributed by atoms with Crippen molar-refractivity contribution in [1.29, 1.82) is 0 Å². The van der Waals surface area contributed by atoms with Gasteiger partial charge in [-0.05, 0) is 65.1 Å². The number of halogens is 1. The summed E-state index contributed by atoms with van der Waals surface area (Å²) in [5.74, 6) is 0.544. The molecular weight excluding hydrogens is 484 g/mol. The lowest BCUT2D eigenvalue weighted by molar-refractivity contribution is -0.156. The Bertz CT molecular complexity index is 914. The van der Waals surface area contributed by atoms with E-state index in [-0.39, 0.29) is 24.0 Å². The van der Waals surface area contributed by atoms with E-state index >= 15 is 0 Å². The summed E-state index contributed by atoms with van der Waals surface area (Å²) >= 11 is 6.14. The molecule has 202 valence electrons. The second kappa shape index (κ2) is 12.4. The molecule has 9 nitrogen and oxygen atoms in total. The number of esters is 1. The molecular formula is C26H41ClN4O5. The zero-order valence-electron chi connectivity index (χ0n) is 22.1. The van der Waals surface area contributed by atoms with Crippen LogP contribution >= 0.6 is 11.6 Å². The second-order valence-corrected chi connectivity index (χ2v) is 11.2. The molecule has 36 heavy (non-hydrogen) atoms. The Morgan fingerprint density at radius 1 is 1.11 bits per heavy atom. The zero-order chi connectivity index (χ0) is 26.5. The minimum absolute atomic E-state index is 0.115. The number of benzene rings is 1. The first-order valence-electron chi connectivity index (χ1n) is 12.6. The molecule has 0 aliphatic carbocycles. The van der Waals surface area contributed by atoms with Gasteiger partial charge in [-0.25, -0.2) is 0 Å². The largest absolute Gasteiger partial charge is 0.496 e. The summed E-state index contributed by atoms with van der Waals surface area (Å²) in [7, 11) is 3.18. The van der Waals surface area contributed by atoms with Crippen LogP contribution in [0.4, 0.5) is 5.69 Å². The number of carbonyl (C=O) groups is 2. The Morgan fingerprint density at radius 2 is 1.78 bits per heavy atom. The lowest BCUT2D eigenvalue weighted by Crippen LogP contribution is -2.55. The highest BCUT2D eigenvalue weighted by Crippen LogP contribution is 2.29. The minimum Gasteiger partial charge on any atom is -0.496 e. The number of rotatable bonds is 8. The summed E-state index contributed by atoms with van der Waals surface area (Å²) in [5.41, 5.74) is 6.11. The number of nitrogens with zero attached hydrogens (tertiary/aromatic N) is 2. The second-order valence-electron chi connectivity index (χ2n) is 10.8. The molecule has 10 heteroatoms. The summed E-state index contributed by atoms with van der Waals surface area (Å²) in [6.45, 7) is 10.4. The van der Waals surface area contributed by atoms with Crippen molar-refractivity contribution in [3.63, 3.8) is 0 Å². The first kappa shape index (κ1) is 28.5. The molecule has 1 aromatic carbocycles. The Kier molecular flexibility index (Phi) is 9.86. The number of amides is 1. The number of hydrogen-bond acceptors (Lipinski definition) is 8. The van der Waals surface area contributed by atoms with Crippen LogP contribution in [0, 0.1) is 5.92 Å². The van der Waals surface area contributed by atoms with Crippen LogP contribution in [0.3, 0.4) is 0 Å². The smallest absolute Gasteiger partial charge is 0.320 e. The molecule has 2 fully saturated rings. The lowest BCUT2D eigenvalue weighted by atomic mass is 9.94. The number of nitrogen functional groups attached to an aromatic ring is 1. The van der Waals surface area contributed by atoms with Crippen molar-refractivity contribution in [3.8, 4) is 5.75 Å². The van der Waals surface area contributed by atoms with Crippen LogP contribution in [-0.2, 0) is 14.3 Å². The van der Waals surface area contributed by atoms with Crippen molar-refractivity contribution in [3.05, 3.63) is 22.7 Å². The maximum absolute atomic E-state index is 13.0. The lowest BCUT2D eigenvalue weighted by Gasteiger charge is -2.41. The first-order chi connectivity index (χ1) is 17.0. The molecule has 2 saturated heterocycles. The number of piperidine rings is 2. The van der Waals surface area contributed by atoms with Gasteiger partial charge in [0.2, 0.25) is 0 Å². The van der Waals surface area contributed by atoms with Crippen LogP contribution in [0.1, 0.15) is 50.4 Å². The van der Waals surface area contributed by atoms with E-state index in [1.165, 1.54) is 13.2 Å². The quantitative estimate of drug-likeness (QED) is 0.395. The van der Waals surface area contributed by atoms with Crippen LogP contribution < -0.4 is 15.8 Å². The average molecular weight is 525 g/mol. The van der Waals surface area contributed by atoms with Crippen molar-refractivity contribution in [2.75, 3.05) is 59.2 Å². The van der Waals surface area contributed by atoms with Gasteiger partial charge >= 0.3 is 5.97 Å². The zero-order valence-corrected chi connectivity index (χ0v) is 22.9. The van der Waals surface area contributed by atoms with Crippen molar-refractivity contribution in [2.24, 2.45) is 5.92 Å². The molecule has 2 atom stereocenters. The highest BCUT2D eigenvalue weighted by atomic mass is 35.5. The van der Waals surface area contributed by atoms with Crippen LogP contribution in [0.15, 0.2) is 12.1 Å². The average Bonchev–Trinajstić information content (AvgIpc) is 2.81. The fraction of sp³-hybridized carbons (Fsp3) is 0.692. The molecule has 1 aromatic rings. The third kappa shape index (κ3) is 7.96. The number of hydrogen-bond donors (Lipinski definition) is 2. The molecule has 0 unspecified atom stereocenters. The van der Waals surface area contributed by atoms with Crippen LogP contribution in [-0.4, -0.2) is 92.9 Å². The molecule has 1 amide bonds. The van der Waals surface area contributed by atoms with Gasteiger partial charge in [0, 0.05) is 32.8 Å². The van der Waals surface area contributed by atoms with Gasteiger partial charge in [0.15, 0.2) is 0 Å². The van der Waals surface area contributed by atoms with E-state index in [1.54, 1.807) is 13.2 Å². The van der Waals surface area contributed by atoms with E-state index in [9.17, 15) is 9.59 Å². The fourth-order valence-electron chi connectivity index (χ4n) is 4.96. The first-order valence-corrected chi connectivity index (χ1v) is 13.0. The Morgan fingerprint density at radius 3 is 2.39 bits per heavy atom. The number of nitrogens with one attached hydrogen (secondary N) is 1. The molecule has 0 radical (unpaired) electrons. The van der Waals surface area contributed by atoms with Gasteiger partial charge in [0.05, 0.1) is 42.1 Å². The third-order valence-electron chi connectivity index (χ3n) is 6.82. The molecule has 3 N–H and O–H groups in total. The third-order valence-corrected chi connectivity index (χ3v) is 7.15. The maximum Gasteiger partial charge on any atom is 0.320 e. The minimum atomic E-state index is -0.451. The van der Waals surface area contributed by atoms with E-state index in [0.29, 0.717) is 34.5 Å². The monoisotopic (exact) mass is 524 g/mol. The van der Waals surface area contributed by atoms with Gasteiger partial charge in [-0.1, -0.05) is 11.6 Å². The van der Waals surface area contributed by atoms with E-state index < -0.39 is 5.60 Å². The maximum atomic E-state index is 13.0.